The summed E-state index contributed by atoms with van der Waals surface area (Å²) in [6.07, 6.45) is 1.60. The van der Waals surface area contributed by atoms with E-state index in [1.807, 2.05) is 4.90 Å². The number of anilines is 1. The Kier molecular flexibility index (Phi) is 2.85. The number of nitrogens with zero attached hydrogens (tertiary/aromatic N) is 2. The fourth-order valence-corrected chi connectivity index (χ4v) is 1.64. The standard InChI is InChI=1S/C11H13N3O2/c1-8(15)9-2-3-12-10(6-9)14-5-4-13-11(16)7-14/h2-3,6H,4-5,7H2,1H3,(H,13,16). The Morgan fingerprint density at radius 1 is 1.56 bits per heavy atom. The summed E-state index contributed by atoms with van der Waals surface area (Å²) < 4.78 is 0. The van der Waals surface area contributed by atoms with Gasteiger partial charge in [0.15, 0.2) is 5.78 Å². The number of ketones is 1. The SMILES string of the molecule is CC(=O)c1ccnc(N2CCNC(=O)C2)c1. The number of hydrogen-bond acceptors (Lipinski definition) is 4. The van der Waals surface area contributed by atoms with Crippen molar-refractivity contribution in [2.24, 2.45) is 0 Å². The van der Waals surface area contributed by atoms with Gasteiger partial charge in [-0.15, -0.1) is 0 Å². The van der Waals surface area contributed by atoms with Gasteiger partial charge in [0.25, 0.3) is 0 Å². The Hall–Kier alpha value is -1.91. The van der Waals surface area contributed by atoms with Crippen LogP contribution in [-0.4, -0.2) is 36.3 Å². The molecular formula is C11H13N3O2. The molecule has 0 saturated carbocycles. The minimum absolute atomic E-state index is 0.00473. The van der Waals surface area contributed by atoms with Crippen LogP contribution in [0.25, 0.3) is 0 Å². The number of rotatable bonds is 2. The van der Waals surface area contributed by atoms with Gasteiger partial charge >= 0.3 is 0 Å². The molecule has 1 N–H and O–H groups in total. The van der Waals surface area contributed by atoms with Crippen LogP contribution in [0.1, 0.15) is 17.3 Å². The van der Waals surface area contributed by atoms with Gasteiger partial charge in [-0.2, -0.15) is 0 Å². The quantitative estimate of drug-likeness (QED) is 0.723. The highest BCUT2D eigenvalue weighted by atomic mass is 16.2. The van der Waals surface area contributed by atoms with Crippen LogP contribution in [0.15, 0.2) is 18.3 Å². The molecule has 1 fully saturated rings. The largest absolute Gasteiger partial charge is 0.353 e. The molecule has 0 unspecified atom stereocenters. The van der Waals surface area contributed by atoms with Gasteiger partial charge in [0.1, 0.15) is 5.82 Å². The summed E-state index contributed by atoms with van der Waals surface area (Å²) in [5.74, 6) is 0.675. The average Bonchev–Trinajstić information content (AvgIpc) is 2.29. The number of hydrogen-bond donors (Lipinski definition) is 1. The summed E-state index contributed by atoms with van der Waals surface area (Å²) in [7, 11) is 0. The molecule has 1 saturated heterocycles. The third-order valence-corrected chi connectivity index (χ3v) is 2.51. The molecule has 0 aromatic carbocycles. The molecule has 84 valence electrons. The number of pyridine rings is 1. The molecule has 1 amide bonds. The molecule has 1 aliphatic heterocycles. The average molecular weight is 219 g/mol. The zero-order valence-corrected chi connectivity index (χ0v) is 9.06. The summed E-state index contributed by atoms with van der Waals surface area (Å²) >= 11 is 0. The smallest absolute Gasteiger partial charge is 0.239 e. The lowest BCUT2D eigenvalue weighted by atomic mass is 10.2. The molecular weight excluding hydrogens is 206 g/mol. The predicted molar refractivity (Wildman–Crippen MR) is 59.5 cm³/mol. The van der Waals surface area contributed by atoms with Gasteiger partial charge in [0.2, 0.25) is 5.91 Å². The van der Waals surface area contributed by atoms with Gasteiger partial charge in [-0.1, -0.05) is 0 Å². The monoisotopic (exact) mass is 219 g/mol. The molecule has 0 atom stereocenters. The van der Waals surface area contributed by atoms with E-state index in [-0.39, 0.29) is 11.7 Å². The normalized spacial score (nSPS) is 15.8. The minimum Gasteiger partial charge on any atom is -0.353 e. The van der Waals surface area contributed by atoms with Gasteiger partial charge in [0, 0.05) is 24.8 Å². The van der Waals surface area contributed by atoms with Crippen LogP contribution < -0.4 is 10.2 Å². The zero-order chi connectivity index (χ0) is 11.5. The second kappa shape index (κ2) is 4.30. The van der Waals surface area contributed by atoms with Gasteiger partial charge in [0.05, 0.1) is 6.54 Å². The molecule has 1 aliphatic rings. The van der Waals surface area contributed by atoms with E-state index >= 15 is 0 Å². The van der Waals surface area contributed by atoms with Crippen LogP contribution in [0.5, 0.6) is 0 Å². The Morgan fingerprint density at radius 3 is 3.06 bits per heavy atom. The second-order valence-corrected chi connectivity index (χ2v) is 3.73. The van der Waals surface area contributed by atoms with E-state index in [1.54, 1.807) is 18.3 Å². The zero-order valence-electron chi connectivity index (χ0n) is 9.06. The maximum atomic E-state index is 11.2. The Bertz CT molecular complexity index is 431. The van der Waals surface area contributed by atoms with Crippen molar-refractivity contribution >= 4 is 17.5 Å². The lowest BCUT2D eigenvalue weighted by molar-refractivity contribution is -0.120. The van der Waals surface area contributed by atoms with Crippen molar-refractivity contribution in [1.29, 1.82) is 0 Å². The molecule has 2 rings (SSSR count). The van der Waals surface area contributed by atoms with E-state index in [2.05, 4.69) is 10.3 Å². The molecule has 16 heavy (non-hydrogen) atoms. The van der Waals surface area contributed by atoms with Gasteiger partial charge in [-0.3, -0.25) is 9.59 Å². The number of Topliss-reactive ketones (excluding diaryl/α,β-unsaturated/α-hetero) is 1. The fourth-order valence-electron chi connectivity index (χ4n) is 1.64. The van der Waals surface area contributed by atoms with E-state index in [9.17, 15) is 9.59 Å². The van der Waals surface area contributed by atoms with Crippen molar-refractivity contribution in [2.45, 2.75) is 6.92 Å². The first-order valence-electron chi connectivity index (χ1n) is 5.15. The molecule has 5 nitrogen and oxygen atoms in total. The number of carbonyl (C=O) groups is 2. The van der Waals surface area contributed by atoms with Crippen molar-refractivity contribution in [1.82, 2.24) is 10.3 Å². The molecule has 2 heterocycles. The number of piperazine rings is 1. The van der Waals surface area contributed by atoms with Crippen LogP contribution in [0.3, 0.4) is 0 Å². The van der Waals surface area contributed by atoms with Gasteiger partial charge < -0.3 is 10.2 Å². The van der Waals surface area contributed by atoms with Crippen molar-refractivity contribution in [3.8, 4) is 0 Å². The van der Waals surface area contributed by atoms with Gasteiger partial charge in [-0.25, -0.2) is 4.98 Å². The maximum Gasteiger partial charge on any atom is 0.239 e. The topological polar surface area (TPSA) is 62.3 Å². The number of amides is 1. The molecule has 5 heteroatoms. The lowest BCUT2D eigenvalue weighted by Crippen LogP contribution is -2.48. The van der Waals surface area contributed by atoms with Crippen LogP contribution in [-0.2, 0) is 4.79 Å². The highest BCUT2D eigenvalue weighted by Crippen LogP contribution is 2.13. The highest BCUT2D eigenvalue weighted by molar-refractivity contribution is 5.94. The van der Waals surface area contributed by atoms with E-state index in [1.165, 1.54) is 6.92 Å². The van der Waals surface area contributed by atoms with Crippen molar-refractivity contribution < 1.29 is 9.59 Å². The number of carbonyl (C=O) groups excluding carboxylic acids is 2. The third-order valence-electron chi connectivity index (χ3n) is 2.51. The molecule has 0 spiro atoms. The molecule has 0 bridgehead atoms. The van der Waals surface area contributed by atoms with Crippen LogP contribution >= 0.6 is 0 Å². The van der Waals surface area contributed by atoms with E-state index in [4.69, 9.17) is 0 Å². The summed E-state index contributed by atoms with van der Waals surface area (Å²) in [6, 6.07) is 3.40. The number of nitrogens with one attached hydrogen (secondary N) is 1. The van der Waals surface area contributed by atoms with Crippen LogP contribution in [0.2, 0.25) is 0 Å². The van der Waals surface area contributed by atoms with Crippen LogP contribution in [0.4, 0.5) is 5.82 Å². The Labute approximate surface area is 93.5 Å². The minimum atomic E-state index is -0.0127. The second-order valence-electron chi connectivity index (χ2n) is 3.73. The third kappa shape index (κ3) is 2.18. The van der Waals surface area contributed by atoms with E-state index in [0.29, 0.717) is 24.5 Å². The summed E-state index contributed by atoms with van der Waals surface area (Å²) in [5, 5.41) is 2.74. The molecule has 0 radical (unpaired) electrons. The molecule has 0 aliphatic carbocycles. The molecule has 1 aromatic heterocycles. The number of aromatic nitrogens is 1. The first-order chi connectivity index (χ1) is 7.66. The lowest BCUT2D eigenvalue weighted by Gasteiger charge is -2.27. The van der Waals surface area contributed by atoms with Crippen molar-refractivity contribution in [2.75, 3.05) is 24.5 Å². The summed E-state index contributed by atoms with van der Waals surface area (Å²) in [6.45, 7) is 3.15. The summed E-state index contributed by atoms with van der Waals surface area (Å²) in [5.41, 5.74) is 0.621. The molecule has 1 aromatic rings. The highest BCUT2D eigenvalue weighted by Gasteiger charge is 2.17. The summed E-state index contributed by atoms with van der Waals surface area (Å²) in [4.78, 5) is 28.5. The first-order valence-corrected chi connectivity index (χ1v) is 5.15. The predicted octanol–water partition coefficient (Wildman–Crippen LogP) is 0.220. The van der Waals surface area contributed by atoms with Gasteiger partial charge in [-0.05, 0) is 19.1 Å². The van der Waals surface area contributed by atoms with Crippen molar-refractivity contribution in [3.63, 3.8) is 0 Å². The Balaban J connectivity index is 2.22. The fraction of sp³-hybridized carbons (Fsp3) is 0.364. The maximum absolute atomic E-state index is 11.2. The van der Waals surface area contributed by atoms with Crippen molar-refractivity contribution in [3.05, 3.63) is 23.9 Å². The van der Waals surface area contributed by atoms with Crippen LogP contribution in [0, 0.1) is 0 Å². The first kappa shape index (κ1) is 10.6. The Morgan fingerprint density at radius 2 is 2.38 bits per heavy atom. The van der Waals surface area contributed by atoms with E-state index < -0.39 is 0 Å². The van der Waals surface area contributed by atoms with E-state index in [0.717, 1.165) is 6.54 Å².